The van der Waals surface area contributed by atoms with Crippen molar-refractivity contribution in [3.63, 3.8) is 0 Å². The standard InChI is InChI=1S/C9H15N3O/c1-3-5-6-9-8(7-13)10-11-12(9)4-2/h7H,3-6H2,1-2H3. The molecule has 0 spiro atoms. The van der Waals surface area contributed by atoms with Gasteiger partial charge in [-0.25, -0.2) is 4.68 Å². The summed E-state index contributed by atoms with van der Waals surface area (Å²) in [6.45, 7) is 4.90. The van der Waals surface area contributed by atoms with E-state index in [9.17, 15) is 4.79 Å². The second-order valence-corrected chi connectivity index (χ2v) is 2.96. The Labute approximate surface area is 77.9 Å². The summed E-state index contributed by atoms with van der Waals surface area (Å²) >= 11 is 0. The van der Waals surface area contributed by atoms with Gasteiger partial charge in [0.2, 0.25) is 0 Å². The van der Waals surface area contributed by atoms with E-state index in [1.54, 1.807) is 4.68 Å². The van der Waals surface area contributed by atoms with E-state index in [0.717, 1.165) is 37.8 Å². The summed E-state index contributed by atoms with van der Waals surface area (Å²) in [6, 6.07) is 0. The zero-order valence-electron chi connectivity index (χ0n) is 8.16. The lowest BCUT2D eigenvalue weighted by atomic mass is 10.2. The second kappa shape index (κ2) is 4.74. The van der Waals surface area contributed by atoms with E-state index in [4.69, 9.17) is 0 Å². The first-order valence-electron chi connectivity index (χ1n) is 4.71. The minimum absolute atomic E-state index is 0.496. The van der Waals surface area contributed by atoms with Gasteiger partial charge < -0.3 is 0 Å². The van der Waals surface area contributed by atoms with Crippen LogP contribution in [-0.4, -0.2) is 21.3 Å². The Kier molecular flexibility index (Phi) is 3.61. The Hall–Kier alpha value is -1.19. The van der Waals surface area contributed by atoms with Crippen molar-refractivity contribution in [3.05, 3.63) is 11.4 Å². The number of hydrogen-bond donors (Lipinski definition) is 0. The van der Waals surface area contributed by atoms with Crippen molar-refractivity contribution < 1.29 is 4.79 Å². The lowest BCUT2D eigenvalue weighted by molar-refractivity contribution is 0.111. The molecule has 4 nitrogen and oxygen atoms in total. The van der Waals surface area contributed by atoms with Crippen LogP contribution in [0, 0.1) is 0 Å². The van der Waals surface area contributed by atoms with Gasteiger partial charge in [-0.1, -0.05) is 18.6 Å². The number of nitrogens with zero attached hydrogens (tertiary/aromatic N) is 3. The molecule has 0 aliphatic rings. The van der Waals surface area contributed by atoms with E-state index < -0.39 is 0 Å². The zero-order chi connectivity index (χ0) is 9.68. The predicted octanol–water partition coefficient (Wildman–Crippen LogP) is 1.45. The van der Waals surface area contributed by atoms with E-state index in [0.29, 0.717) is 5.69 Å². The summed E-state index contributed by atoms with van der Waals surface area (Å²) in [5.41, 5.74) is 1.47. The molecular formula is C9H15N3O. The van der Waals surface area contributed by atoms with Gasteiger partial charge in [-0.2, -0.15) is 0 Å². The van der Waals surface area contributed by atoms with E-state index in [1.807, 2.05) is 6.92 Å². The molecule has 0 N–H and O–H groups in total. The Balaban J connectivity index is 2.84. The van der Waals surface area contributed by atoms with Gasteiger partial charge in [0.15, 0.2) is 6.29 Å². The van der Waals surface area contributed by atoms with Crippen molar-refractivity contribution in [2.24, 2.45) is 0 Å². The number of carbonyl (C=O) groups excluding carboxylic acids is 1. The molecular weight excluding hydrogens is 166 g/mol. The average Bonchev–Trinajstić information content (AvgIpc) is 2.56. The van der Waals surface area contributed by atoms with Gasteiger partial charge in [-0.05, 0) is 19.8 Å². The second-order valence-electron chi connectivity index (χ2n) is 2.96. The molecule has 0 aliphatic heterocycles. The fourth-order valence-electron chi connectivity index (χ4n) is 1.29. The molecule has 0 saturated carbocycles. The maximum Gasteiger partial charge on any atom is 0.172 e. The number of rotatable bonds is 5. The Morgan fingerprint density at radius 1 is 1.46 bits per heavy atom. The molecule has 72 valence electrons. The van der Waals surface area contributed by atoms with E-state index in [1.165, 1.54) is 0 Å². The Morgan fingerprint density at radius 3 is 2.77 bits per heavy atom. The first kappa shape index (κ1) is 9.89. The highest BCUT2D eigenvalue weighted by atomic mass is 16.1. The molecule has 1 rings (SSSR count). The van der Waals surface area contributed by atoms with Crippen LogP contribution in [0.3, 0.4) is 0 Å². The summed E-state index contributed by atoms with van der Waals surface area (Å²) in [4.78, 5) is 10.6. The molecule has 1 aromatic rings. The third-order valence-electron chi connectivity index (χ3n) is 2.05. The van der Waals surface area contributed by atoms with E-state index in [-0.39, 0.29) is 0 Å². The normalized spacial score (nSPS) is 10.3. The largest absolute Gasteiger partial charge is 0.296 e. The minimum Gasteiger partial charge on any atom is -0.296 e. The van der Waals surface area contributed by atoms with Crippen LogP contribution in [0.15, 0.2) is 0 Å². The van der Waals surface area contributed by atoms with Crippen LogP contribution in [0.4, 0.5) is 0 Å². The molecule has 0 saturated heterocycles. The van der Waals surface area contributed by atoms with E-state index in [2.05, 4.69) is 17.2 Å². The maximum atomic E-state index is 10.6. The monoisotopic (exact) mass is 181 g/mol. The first-order valence-corrected chi connectivity index (χ1v) is 4.71. The molecule has 0 unspecified atom stereocenters. The first-order chi connectivity index (χ1) is 6.33. The van der Waals surface area contributed by atoms with Crippen LogP contribution in [0.2, 0.25) is 0 Å². The fraction of sp³-hybridized carbons (Fsp3) is 0.667. The van der Waals surface area contributed by atoms with Gasteiger partial charge >= 0.3 is 0 Å². The van der Waals surface area contributed by atoms with Crippen molar-refractivity contribution in [1.29, 1.82) is 0 Å². The molecule has 0 bridgehead atoms. The van der Waals surface area contributed by atoms with Gasteiger partial charge in [-0.15, -0.1) is 5.10 Å². The van der Waals surface area contributed by atoms with Gasteiger partial charge in [0.1, 0.15) is 5.69 Å². The summed E-state index contributed by atoms with van der Waals surface area (Å²) in [5.74, 6) is 0. The highest BCUT2D eigenvalue weighted by molar-refractivity contribution is 5.73. The predicted molar refractivity (Wildman–Crippen MR) is 49.7 cm³/mol. The quantitative estimate of drug-likeness (QED) is 0.646. The third-order valence-corrected chi connectivity index (χ3v) is 2.05. The lowest BCUT2D eigenvalue weighted by Gasteiger charge is -2.01. The molecule has 0 amide bonds. The van der Waals surface area contributed by atoms with Crippen LogP contribution >= 0.6 is 0 Å². The van der Waals surface area contributed by atoms with Crippen molar-refractivity contribution >= 4 is 6.29 Å². The number of aryl methyl sites for hydroxylation is 1. The molecule has 13 heavy (non-hydrogen) atoms. The van der Waals surface area contributed by atoms with Crippen LogP contribution in [-0.2, 0) is 13.0 Å². The Bertz CT molecular complexity index is 280. The summed E-state index contributed by atoms with van der Waals surface area (Å²) < 4.78 is 1.79. The SMILES string of the molecule is CCCCc1c(C=O)nnn1CC. The highest BCUT2D eigenvalue weighted by Crippen LogP contribution is 2.07. The van der Waals surface area contributed by atoms with Crippen LogP contribution < -0.4 is 0 Å². The summed E-state index contributed by atoms with van der Waals surface area (Å²) in [6.07, 6.45) is 3.87. The van der Waals surface area contributed by atoms with Gasteiger partial charge in [-0.3, -0.25) is 4.79 Å². The zero-order valence-corrected chi connectivity index (χ0v) is 8.16. The van der Waals surface area contributed by atoms with Crippen molar-refractivity contribution in [1.82, 2.24) is 15.0 Å². The van der Waals surface area contributed by atoms with Crippen molar-refractivity contribution in [3.8, 4) is 0 Å². The molecule has 1 aromatic heterocycles. The summed E-state index contributed by atoms with van der Waals surface area (Å²) in [5, 5.41) is 7.70. The number of aldehydes is 1. The number of unbranched alkanes of at least 4 members (excludes halogenated alkanes) is 1. The summed E-state index contributed by atoms with van der Waals surface area (Å²) in [7, 11) is 0. The minimum atomic E-state index is 0.496. The third kappa shape index (κ3) is 2.14. The molecule has 0 fully saturated rings. The van der Waals surface area contributed by atoms with Gasteiger partial charge in [0.25, 0.3) is 0 Å². The van der Waals surface area contributed by atoms with E-state index >= 15 is 0 Å². The number of aromatic nitrogens is 3. The molecule has 4 heteroatoms. The van der Waals surface area contributed by atoms with Crippen LogP contribution in [0.1, 0.15) is 42.9 Å². The number of carbonyl (C=O) groups is 1. The highest BCUT2D eigenvalue weighted by Gasteiger charge is 2.09. The smallest absolute Gasteiger partial charge is 0.172 e. The topological polar surface area (TPSA) is 47.8 Å². The van der Waals surface area contributed by atoms with Crippen molar-refractivity contribution in [2.75, 3.05) is 0 Å². The molecule has 0 atom stereocenters. The number of hydrogen-bond acceptors (Lipinski definition) is 3. The average molecular weight is 181 g/mol. The molecule has 1 heterocycles. The molecule has 0 aliphatic carbocycles. The molecule has 0 radical (unpaired) electrons. The maximum absolute atomic E-state index is 10.6. The fourth-order valence-corrected chi connectivity index (χ4v) is 1.29. The molecule has 0 aromatic carbocycles. The van der Waals surface area contributed by atoms with Gasteiger partial charge in [0.05, 0.1) is 5.69 Å². The van der Waals surface area contributed by atoms with Crippen LogP contribution in [0.5, 0.6) is 0 Å². The van der Waals surface area contributed by atoms with Crippen LogP contribution in [0.25, 0.3) is 0 Å². The Morgan fingerprint density at radius 2 is 2.23 bits per heavy atom. The lowest BCUT2D eigenvalue weighted by Crippen LogP contribution is -2.04. The van der Waals surface area contributed by atoms with Gasteiger partial charge in [0, 0.05) is 6.54 Å². The van der Waals surface area contributed by atoms with Crippen molar-refractivity contribution in [2.45, 2.75) is 39.7 Å².